The molecule has 0 bridgehead atoms. The summed E-state index contributed by atoms with van der Waals surface area (Å²) in [5, 5.41) is 0. The molecular formula is C11H16O. The first-order chi connectivity index (χ1) is 5.79. The molecule has 0 radical (unpaired) electrons. The van der Waals surface area contributed by atoms with E-state index >= 15 is 0 Å². The number of carbonyl (C=O) groups excluding carboxylic acids is 1. The summed E-state index contributed by atoms with van der Waals surface area (Å²) in [7, 11) is 0. The van der Waals surface area contributed by atoms with Crippen molar-refractivity contribution in [1.29, 1.82) is 0 Å². The van der Waals surface area contributed by atoms with Crippen molar-refractivity contribution < 1.29 is 4.79 Å². The molecule has 12 heavy (non-hydrogen) atoms. The third kappa shape index (κ3) is 0.886. The molecule has 66 valence electrons. The highest BCUT2D eigenvalue weighted by atomic mass is 16.1. The molecule has 0 heterocycles. The van der Waals surface area contributed by atoms with Crippen molar-refractivity contribution in [2.75, 3.05) is 0 Å². The van der Waals surface area contributed by atoms with Crippen LogP contribution in [0.2, 0.25) is 0 Å². The van der Waals surface area contributed by atoms with Crippen molar-refractivity contribution in [2.24, 2.45) is 11.3 Å². The molecule has 0 aromatic heterocycles. The molecule has 2 rings (SSSR count). The molecule has 2 atom stereocenters. The van der Waals surface area contributed by atoms with Gasteiger partial charge in [-0.1, -0.05) is 18.6 Å². The predicted molar refractivity (Wildman–Crippen MR) is 48.8 cm³/mol. The first kappa shape index (κ1) is 8.03. The zero-order chi connectivity index (χ0) is 8.60. The maximum Gasteiger partial charge on any atom is 0.130 e. The average Bonchev–Trinajstić information content (AvgIpc) is 2.45. The topological polar surface area (TPSA) is 17.1 Å². The Balaban J connectivity index is 2.39. The second-order valence-corrected chi connectivity index (χ2v) is 4.22. The Hall–Kier alpha value is -0.590. The standard InChI is InChI=1S/C11H16O/c1-9-5-6-10-4-2-3-7-11(9,10)8-12/h4,8-9H,2-3,5-7H2,1H3/t9-,11-/m1/s1. The van der Waals surface area contributed by atoms with E-state index in [2.05, 4.69) is 13.0 Å². The monoisotopic (exact) mass is 164 g/mol. The number of hydrogen-bond donors (Lipinski definition) is 0. The number of aldehydes is 1. The van der Waals surface area contributed by atoms with Gasteiger partial charge in [-0.25, -0.2) is 0 Å². The quantitative estimate of drug-likeness (QED) is 0.430. The predicted octanol–water partition coefficient (Wildman–Crippen LogP) is 2.71. The molecule has 0 aromatic rings. The molecule has 2 aliphatic carbocycles. The largest absolute Gasteiger partial charge is 0.302 e. The maximum atomic E-state index is 11.1. The molecular weight excluding hydrogens is 148 g/mol. The molecule has 0 spiro atoms. The van der Waals surface area contributed by atoms with Crippen LogP contribution in [0.3, 0.4) is 0 Å². The third-order valence-corrected chi connectivity index (χ3v) is 3.72. The number of allylic oxidation sites excluding steroid dienone is 2. The van der Waals surface area contributed by atoms with Gasteiger partial charge in [0.25, 0.3) is 0 Å². The summed E-state index contributed by atoms with van der Waals surface area (Å²) in [5.41, 5.74) is 1.41. The van der Waals surface area contributed by atoms with Crippen LogP contribution in [0.4, 0.5) is 0 Å². The zero-order valence-corrected chi connectivity index (χ0v) is 7.68. The maximum absolute atomic E-state index is 11.1. The summed E-state index contributed by atoms with van der Waals surface area (Å²) in [4.78, 5) is 11.1. The Labute approximate surface area is 73.8 Å². The van der Waals surface area contributed by atoms with E-state index in [4.69, 9.17) is 0 Å². The van der Waals surface area contributed by atoms with Gasteiger partial charge in [0.05, 0.1) is 0 Å². The lowest BCUT2D eigenvalue weighted by Crippen LogP contribution is -2.29. The van der Waals surface area contributed by atoms with Crippen molar-refractivity contribution in [3.63, 3.8) is 0 Å². The molecule has 2 aliphatic rings. The van der Waals surface area contributed by atoms with Crippen LogP contribution >= 0.6 is 0 Å². The minimum Gasteiger partial charge on any atom is -0.302 e. The van der Waals surface area contributed by atoms with Crippen LogP contribution in [0.25, 0.3) is 0 Å². The van der Waals surface area contributed by atoms with Gasteiger partial charge in [-0.3, -0.25) is 0 Å². The lowest BCUT2D eigenvalue weighted by atomic mass is 9.71. The Morgan fingerprint density at radius 1 is 1.67 bits per heavy atom. The first-order valence-electron chi connectivity index (χ1n) is 4.95. The van der Waals surface area contributed by atoms with E-state index in [9.17, 15) is 4.79 Å². The van der Waals surface area contributed by atoms with Crippen LogP contribution < -0.4 is 0 Å². The molecule has 0 amide bonds. The highest BCUT2D eigenvalue weighted by molar-refractivity contribution is 5.67. The Morgan fingerprint density at radius 2 is 2.50 bits per heavy atom. The van der Waals surface area contributed by atoms with Gasteiger partial charge in [0.1, 0.15) is 6.29 Å². The van der Waals surface area contributed by atoms with E-state index in [0.29, 0.717) is 5.92 Å². The number of carbonyl (C=O) groups is 1. The lowest BCUT2D eigenvalue weighted by molar-refractivity contribution is -0.116. The first-order valence-corrected chi connectivity index (χ1v) is 4.95. The minimum absolute atomic E-state index is 0.0295. The van der Waals surface area contributed by atoms with E-state index in [0.717, 1.165) is 6.42 Å². The summed E-state index contributed by atoms with van der Waals surface area (Å²) >= 11 is 0. The Kier molecular flexibility index (Phi) is 1.82. The summed E-state index contributed by atoms with van der Waals surface area (Å²) in [6.45, 7) is 2.22. The Bertz CT molecular complexity index is 229. The normalized spacial score (nSPS) is 40.4. The number of hydrogen-bond acceptors (Lipinski definition) is 1. The molecule has 1 saturated carbocycles. The third-order valence-electron chi connectivity index (χ3n) is 3.72. The van der Waals surface area contributed by atoms with E-state index in [1.807, 2.05) is 0 Å². The fourth-order valence-corrected chi connectivity index (χ4v) is 2.80. The van der Waals surface area contributed by atoms with E-state index in [1.165, 1.54) is 37.5 Å². The lowest BCUT2D eigenvalue weighted by Gasteiger charge is -2.32. The summed E-state index contributed by atoms with van der Waals surface area (Å²) in [5.74, 6) is 0.585. The zero-order valence-electron chi connectivity index (χ0n) is 7.68. The van der Waals surface area contributed by atoms with Crippen LogP contribution in [-0.4, -0.2) is 6.29 Å². The smallest absolute Gasteiger partial charge is 0.130 e. The fourth-order valence-electron chi connectivity index (χ4n) is 2.80. The van der Waals surface area contributed by atoms with Gasteiger partial charge >= 0.3 is 0 Å². The van der Waals surface area contributed by atoms with Crippen molar-refractivity contribution in [3.05, 3.63) is 11.6 Å². The van der Waals surface area contributed by atoms with Crippen molar-refractivity contribution >= 4 is 6.29 Å². The van der Waals surface area contributed by atoms with Crippen molar-refractivity contribution in [3.8, 4) is 0 Å². The van der Waals surface area contributed by atoms with Crippen molar-refractivity contribution in [2.45, 2.75) is 39.0 Å². The summed E-state index contributed by atoms with van der Waals surface area (Å²) < 4.78 is 0. The molecule has 1 fully saturated rings. The number of rotatable bonds is 1. The summed E-state index contributed by atoms with van der Waals surface area (Å²) in [6, 6.07) is 0. The molecule has 1 nitrogen and oxygen atoms in total. The highest BCUT2D eigenvalue weighted by Crippen LogP contribution is 2.51. The molecule has 1 heteroatoms. The SMILES string of the molecule is C[C@@H]1CCC2=CCCC[C@]21C=O. The summed E-state index contributed by atoms with van der Waals surface area (Å²) in [6.07, 6.45) is 9.40. The van der Waals surface area contributed by atoms with Gasteiger partial charge < -0.3 is 4.79 Å². The van der Waals surface area contributed by atoms with Crippen LogP contribution in [0.1, 0.15) is 39.0 Å². The van der Waals surface area contributed by atoms with Gasteiger partial charge in [0.2, 0.25) is 0 Å². The Morgan fingerprint density at radius 3 is 3.17 bits per heavy atom. The van der Waals surface area contributed by atoms with Gasteiger partial charge in [-0.2, -0.15) is 0 Å². The van der Waals surface area contributed by atoms with E-state index in [-0.39, 0.29) is 5.41 Å². The second-order valence-electron chi connectivity index (χ2n) is 4.22. The molecule has 0 aromatic carbocycles. The van der Waals surface area contributed by atoms with Crippen LogP contribution in [0.15, 0.2) is 11.6 Å². The van der Waals surface area contributed by atoms with Crippen molar-refractivity contribution in [1.82, 2.24) is 0 Å². The second kappa shape index (κ2) is 2.72. The van der Waals surface area contributed by atoms with Crippen LogP contribution in [0, 0.1) is 11.3 Å². The van der Waals surface area contributed by atoms with E-state index in [1.54, 1.807) is 0 Å². The van der Waals surface area contributed by atoms with Crippen LogP contribution in [0.5, 0.6) is 0 Å². The minimum atomic E-state index is -0.0295. The molecule has 0 unspecified atom stereocenters. The van der Waals surface area contributed by atoms with Gasteiger partial charge in [0, 0.05) is 5.41 Å². The number of fused-ring (bicyclic) bond motifs is 1. The molecule has 0 N–H and O–H groups in total. The van der Waals surface area contributed by atoms with Gasteiger partial charge in [-0.15, -0.1) is 0 Å². The average molecular weight is 164 g/mol. The van der Waals surface area contributed by atoms with Crippen LogP contribution in [-0.2, 0) is 4.79 Å². The fraction of sp³-hybridized carbons (Fsp3) is 0.727. The van der Waals surface area contributed by atoms with Gasteiger partial charge in [-0.05, 0) is 38.0 Å². The highest BCUT2D eigenvalue weighted by Gasteiger charge is 2.44. The van der Waals surface area contributed by atoms with Gasteiger partial charge in [0.15, 0.2) is 0 Å². The van der Waals surface area contributed by atoms with E-state index < -0.39 is 0 Å². The molecule has 0 aliphatic heterocycles. The molecule has 0 saturated heterocycles.